The number of hydrogen-bond donors (Lipinski definition) is 2. The standard InChI is InChI=1S/C12H23BO4/c1-9-4-5-10-8-12(9,11(10,2)3)17-13(15)16-7-6-14/h9-10,14-15H,4-8H2,1-3H3. The summed E-state index contributed by atoms with van der Waals surface area (Å²) in [5.74, 6) is 1.14. The highest BCUT2D eigenvalue weighted by Gasteiger charge is 2.66. The normalized spacial score (nSPS) is 38.6. The monoisotopic (exact) mass is 242 g/mol. The van der Waals surface area contributed by atoms with Crippen LogP contribution in [0.5, 0.6) is 0 Å². The zero-order valence-corrected chi connectivity index (χ0v) is 11.0. The van der Waals surface area contributed by atoms with Gasteiger partial charge in [-0.3, -0.25) is 0 Å². The summed E-state index contributed by atoms with van der Waals surface area (Å²) in [5, 5.41) is 18.4. The van der Waals surface area contributed by atoms with Crippen LogP contribution in [0.15, 0.2) is 0 Å². The molecule has 4 nitrogen and oxygen atoms in total. The summed E-state index contributed by atoms with van der Waals surface area (Å²) in [6.45, 7) is 6.63. The molecule has 0 aliphatic heterocycles. The van der Waals surface area contributed by atoms with E-state index < -0.39 is 7.32 Å². The van der Waals surface area contributed by atoms with E-state index in [4.69, 9.17) is 14.4 Å². The fraction of sp³-hybridized carbons (Fsp3) is 1.00. The minimum Gasteiger partial charge on any atom is -0.402 e. The van der Waals surface area contributed by atoms with Gasteiger partial charge >= 0.3 is 7.32 Å². The summed E-state index contributed by atoms with van der Waals surface area (Å²) >= 11 is 0. The van der Waals surface area contributed by atoms with Crippen molar-refractivity contribution < 1.29 is 19.4 Å². The van der Waals surface area contributed by atoms with E-state index in [1.54, 1.807) is 0 Å². The predicted octanol–water partition coefficient (Wildman–Crippen LogP) is 1.20. The molecule has 0 saturated heterocycles. The molecule has 0 aromatic rings. The van der Waals surface area contributed by atoms with Crippen molar-refractivity contribution in [1.29, 1.82) is 0 Å². The Morgan fingerprint density at radius 2 is 2.06 bits per heavy atom. The zero-order valence-electron chi connectivity index (χ0n) is 11.0. The van der Waals surface area contributed by atoms with Gasteiger partial charge < -0.3 is 19.4 Å². The third-order valence-corrected chi connectivity index (χ3v) is 5.07. The molecule has 3 atom stereocenters. The third kappa shape index (κ3) is 1.93. The van der Waals surface area contributed by atoms with Crippen LogP contribution in [-0.2, 0) is 9.31 Å². The van der Waals surface area contributed by atoms with Crippen molar-refractivity contribution in [2.75, 3.05) is 13.2 Å². The first-order valence-electron chi connectivity index (χ1n) is 6.52. The second kappa shape index (κ2) is 4.54. The zero-order chi connectivity index (χ0) is 12.7. The van der Waals surface area contributed by atoms with Crippen LogP contribution < -0.4 is 0 Å². The number of rotatable bonds is 5. The third-order valence-electron chi connectivity index (χ3n) is 5.07. The lowest BCUT2D eigenvalue weighted by Gasteiger charge is -2.68. The van der Waals surface area contributed by atoms with Crippen molar-refractivity contribution in [3.05, 3.63) is 0 Å². The molecule has 0 spiro atoms. The highest BCUT2D eigenvalue weighted by molar-refractivity contribution is 6.34. The van der Waals surface area contributed by atoms with Crippen molar-refractivity contribution in [2.45, 2.75) is 45.6 Å². The maximum atomic E-state index is 9.72. The summed E-state index contributed by atoms with van der Waals surface area (Å²) in [4.78, 5) is 0. The smallest absolute Gasteiger partial charge is 0.402 e. The topological polar surface area (TPSA) is 58.9 Å². The summed E-state index contributed by atoms with van der Waals surface area (Å²) < 4.78 is 10.8. The molecule has 3 rings (SSSR count). The molecule has 17 heavy (non-hydrogen) atoms. The molecule has 0 radical (unpaired) electrons. The van der Waals surface area contributed by atoms with E-state index >= 15 is 0 Å². The van der Waals surface area contributed by atoms with Crippen molar-refractivity contribution in [1.82, 2.24) is 0 Å². The van der Waals surface area contributed by atoms with Gasteiger partial charge in [0, 0.05) is 0 Å². The van der Waals surface area contributed by atoms with Crippen LogP contribution in [0.1, 0.15) is 40.0 Å². The van der Waals surface area contributed by atoms with Gasteiger partial charge in [-0.15, -0.1) is 0 Å². The van der Waals surface area contributed by atoms with Gasteiger partial charge in [0.15, 0.2) is 0 Å². The van der Waals surface area contributed by atoms with E-state index in [-0.39, 0.29) is 24.2 Å². The molecule has 3 aliphatic rings. The Hall–Kier alpha value is -0.0951. The Morgan fingerprint density at radius 3 is 2.59 bits per heavy atom. The van der Waals surface area contributed by atoms with Crippen LogP contribution in [0, 0.1) is 17.3 Å². The molecule has 3 fully saturated rings. The Balaban J connectivity index is 2.02. The van der Waals surface area contributed by atoms with E-state index in [2.05, 4.69) is 20.8 Å². The van der Waals surface area contributed by atoms with Crippen LogP contribution in [0.25, 0.3) is 0 Å². The van der Waals surface area contributed by atoms with Gasteiger partial charge in [0.2, 0.25) is 0 Å². The fourth-order valence-electron chi connectivity index (χ4n) is 3.77. The second-order valence-electron chi connectivity index (χ2n) is 6.01. The van der Waals surface area contributed by atoms with Crippen molar-refractivity contribution in [3.8, 4) is 0 Å². The highest BCUT2D eigenvalue weighted by atomic mass is 16.7. The fourth-order valence-corrected chi connectivity index (χ4v) is 3.77. The quantitative estimate of drug-likeness (QED) is 0.711. The molecule has 3 aliphatic carbocycles. The highest BCUT2D eigenvalue weighted by Crippen LogP contribution is 2.65. The average Bonchev–Trinajstić information content (AvgIpc) is 2.28. The van der Waals surface area contributed by atoms with Crippen LogP contribution in [0.3, 0.4) is 0 Å². The van der Waals surface area contributed by atoms with Gasteiger partial charge in [-0.05, 0) is 36.5 Å². The van der Waals surface area contributed by atoms with Crippen LogP contribution in [0.2, 0.25) is 0 Å². The second-order valence-corrected chi connectivity index (χ2v) is 6.01. The SMILES string of the molecule is CC1CCC2CC1(OB(O)OCCO)C2(C)C. The summed E-state index contributed by atoms with van der Waals surface area (Å²) in [5.41, 5.74) is -0.154. The molecular formula is C12H23BO4. The molecule has 0 amide bonds. The first-order valence-corrected chi connectivity index (χ1v) is 6.52. The van der Waals surface area contributed by atoms with Gasteiger partial charge in [-0.2, -0.15) is 0 Å². The number of fused-ring (bicyclic) bond motifs is 2. The van der Waals surface area contributed by atoms with E-state index in [0.717, 1.165) is 12.8 Å². The summed E-state index contributed by atoms with van der Waals surface area (Å²) in [6, 6.07) is 0. The Bertz CT molecular complexity index is 284. The van der Waals surface area contributed by atoms with Crippen LogP contribution in [-0.4, -0.2) is 36.3 Å². The van der Waals surface area contributed by atoms with Gasteiger partial charge in [0.1, 0.15) is 0 Å². The Labute approximate surface area is 103 Å². The molecule has 98 valence electrons. The van der Waals surface area contributed by atoms with Gasteiger partial charge in [-0.25, -0.2) is 0 Å². The molecule has 3 saturated carbocycles. The van der Waals surface area contributed by atoms with Crippen molar-refractivity contribution in [3.63, 3.8) is 0 Å². The molecule has 0 aromatic carbocycles. The largest absolute Gasteiger partial charge is 0.637 e. The number of aliphatic hydroxyl groups is 1. The maximum absolute atomic E-state index is 9.72. The van der Waals surface area contributed by atoms with Crippen LogP contribution in [0.4, 0.5) is 0 Å². The van der Waals surface area contributed by atoms with Crippen molar-refractivity contribution in [2.24, 2.45) is 17.3 Å². The molecule has 3 unspecified atom stereocenters. The molecule has 0 heterocycles. The lowest BCUT2D eigenvalue weighted by atomic mass is 9.42. The predicted molar refractivity (Wildman–Crippen MR) is 65.1 cm³/mol. The number of hydrogen-bond acceptors (Lipinski definition) is 4. The molecule has 0 aromatic heterocycles. The van der Waals surface area contributed by atoms with E-state index in [9.17, 15) is 5.02 Å². The lowest BCUT2D eigenvalue weighted by Crippen LogP contribution is -2.69. The van der Waals surface area contributed by atoms with E-state index in [0.29, 0.717) is 11.8 Å². The Kier molecular flexibility index (Phi) is 3.56. The minimum absolute atomic E-state index is 0.102. The molecule has 2 bridgehead atoms. The minimum atomic E-state index is -1.22. The first-order chi connectivity index (χ1) is 7.94. The average molecular weight is 242 g/mol. The van der Waals surface area contributed by atoms with Crippen LogP contribution >= 0.6 is 0 Å². The lowest BCUT2D eigenvalue weighted by molar-refractivity contribution is -0.249. The molecule has 2 N–H and O–H groups in total. The summed E-state index contributed by atoms with van der Waals surface area (Å²) in [6.07, 6.45) is 3.42. The molecule has 5 heteroatoms. The van der Waals surface area contributed by atoms with Crippen molar-refractivity contribution >= 4 is 7.32 Å². The Morgan fingerprint density at radius 1 is 1.35 bits per heavy atom. The maximum Gasteiger partial charge on any atom is 0.637 e. The van der Waals surface area contributed by atoms with E-state index in [1.807, 2.05) is 0 Å². The first kappa shape index (κ1) is 13.3. The van der Waals surface area contributed by atoms with Gasteiger partial charge in [-0.1, -0.05) is 20.8 Å². The van der Waals surface area contributed by atoms with E-state index in [1.165, 1.54) is 6.42 Å². The molecular weight excluding hydrogens is 219 g/mol. The number of aliphatic hydroxyl groups excluding tert-OH is 1. The van der Waals surface area contributed by atoms with Gasteiger partial charge in [0.05, 0.1) is 18.8 Å². The van der Waals surface area contributed by atoms with Gasteiger partial charge in [0.25, 0.3) is 0 Å². The summed E-state index contributed by atoms with van der Waals surface area (Å²) in [7, 11) is -1.22.